The number of nitrogen functional groups attached to an aromatic ring is 1. The van der Waals surface area contributed by atoms with Gasteiger partial charge in [-0.05, 0) is 6.07 Å². The van der Waals surface area contributed by atoms with Crippen LogP contribution in [0.3, 0.4) is 0 Å². The first-order valence-electron chi connectivity index (χ1n) is 3.77. The van der Waals surface area contributed by atoms with Gasteiger partial charge < -0.3 is 16.0 Å². The number of nitrogens with one attached hydrogen (secondary N) is 1. The average Bonchev–Trinajstić information content (AvgIpc) is 2.47. The molecule has 0 amide bonds. The molecule has 2 heterocycles. The average molecular weight is 179 g/mol. The summed E-state index contributed by atoms with van der Waals surface area (Å²) in [6.07, 6.45) is 1.70. The molecule has 0 saturated carbocycles. The third-order valence-electron chi connectivity index (χ3n) is 1.84. The molecule has 13 heavy (non-hydrogen) atoms. The summed E-state index contributed by atoms with van der Waals surface area (Å²) in [4.78, 5) is 17.7. The predicted octanol–water partition coefficient (Wildman–Crippen LogP) is -0.777. The molecule has 2 aromatic heterocycles. The van der Waals surface area contributed by atoms with E-state index in [1.54, 1.807) is 16.8 Å². The van der Waals surface area contributed by atoms with Crippen molar-refractivity contribution in [2.75, 3.05) is 5.73 Å². The van der Waals surface area contributed by atoms with E-state index in [1.807, 2.05) is 0 Å². The van der Waals surface area contributed by atoms with Crippen molar-refractivity contribution in [3.63, 3.8) is 0 Å². The van der Waals surface area contributed by atoms with Gasteiger partial charge in [0, 0.05) is 6.20 Å². The second-order valence-corrected chi connectivity index (χ2v) is 2.66. The van der Waals surface area contributed by atoms with Crippen LogP contribution < -0.4 is 17.0 Å². The van der Waals surface area contributed by atoms with Crippen LogP contribution in [0.4, 0.5) is 5.95 Å². The van der Waals surface area contributed by atoms with Gasteiger partial charge in [-0.15, -0.1) is 0 Å². The maximum atomic E-state index is 11.3. The van der Waals surface area contributed by atoms with Crippen LogP contribution in [-0.2, 0) is 6.67 Å². The number of nitrogens with zero attached hydrogens (tertiary/aromatic N) is 2. The first kappa shape index (κ1) is 7.81. The largest absolute Gasteiger partial charge is 0.369 e. The van der Waals surface area contributed by atoms with E-state index in [0.29, 0.717) is 11.0 Å². The Bertz CT molecular complexity index is 497. The molecule has 0 radical (unpaired) electrons. The third kappa shape index (κ3) is 1.07. The van der Waals surface area contributed by atoms with Crippen LogP contribution >= 0.6 is 0 Å². The minimum atomic E-state index is -0.241. The number of rotatable bonds is 1. The zero-order valence-electron chi connectivity index (χ0n) is 6.82. The van der Waals surface area contributed by atoms with Crippen molar-refractivity contribution < 1.29 is 0 Å². The second kappa shape index (κ2) is 2.60. The van der Waals surface area contributed by atoms with Gasteiger partial charge in [-0.1, -0.05) is 0 Å². The van der Waals surface area contributed by atoms with Crippen LogP contribution in [0.15, 0.2) is 17.1 Å². The summed E-state index contributed by atoms with van der Waals surface area (Å²) in [5, 5.41) is 0.500. The number of hydrogen-bond acceptors (Lipinski definition) is 4. The molecule has 0 bridgehead atoms. The van der Waals surface area contributed by atoms with Crippen molar-refractivity contribution in [1.82, 2.24) is 14.5 Å². The summed E-state index contributed by atoms with van der Waals surface area (Å²) < 4.78 is 1.65. The standard InChI is InChI=1S/C7H9N5O/c8-3-12-2-1-4-5(12)10-7(9)11-6(4)13/h1-2H,3,8H2,(H3,9,10,11,13). The van der Waals surface area contributed by atoms with E-state index in [2.05, 4.69) is 9.97 Å². The molecule has 0 spiro atoms. The maximum Gasteiger partial charge on any atom is 0.261 e. The molecule has 0 aliphatic carbocycles. The van der Waals surface area contributed by atoms with E-state index in [9.17, 15) is 4.79 Å². The molecule has 0 saturated heterocycles. The molecule has 6 heteroatoms. The lowest BCUT2D eigenvalue weighted by Gasteiger charge is -1.99. The molecule has 6 nitrogen and oxygen atoms in total. The van der Waals surface area contributed by atoms with Crippen molar-refractivity contribution in [3.8, 4) is 0 Å². The van der Waals surface area contributed by atoms with Gasteiger partial charge in [0.2, 0.25) is 5.95 Å². The summed E-state index contributed by atoms with van der Waals surface area (Å²) in [7, 11) is 0. The molecular formula is C7H9N5O. The molecule has 2 rings (SSSR count). The second-order valence-electron chi connectivity index (χ2n) is 2.66. The van der Waals surface area contributed by atoms with Gasteiger partial charge in [0.1, 0.15) is 0 Å². The van der Waals surface area contributed by atoms with Crippen LogP contribution in [0.25, 0.3) is 11.0 Å². The van der Waals surface area contributed by atoms with Gasteiger partial charge in [-0.25, -0.2) is 0 Å². The van der Waals surface area contributed by atoms with E-state index in [4.69, 9.17) is 11.5 Å². The molecular weight excluding hydrogens is 170 g/mol. The number of aromatic nitrogens is 3. The molecule has 0 fully saturated rings. The first-order chi connectivity index (χ1) is 6.22. The summed E-state index contributed by atoms with van der Waals surface area (Å²) in [6.45, 7) is 0.277. The fourth-order valence-electron chi connectivity index (χ4n) is 1.24. The lowest BCUT2D eigenvalue weighted by atomic mass is 10.4. The summed E-state index contributed by atoms with van der Waals surface area (Å²) >= 11 is 0. The van der Waals surface area contributed by atoms with Crippen LogP contribution in [0.5, 0.6) is 0 Å². The van der Waals surface area contributed by atoms with E-state index >= 15 is 0 Å². The Hall–Kier alpha value is -1.82. The molecule has 0 aliphatic heterocycles. The summed E-state index contributed by atoms with van der Waals surface area (Å²) in [6, 6.07) is 1.66. The Kier molecular flexibility index (Phi) is 1.56. The Morgan fingerprint density at radius 2 is 2.38 bits per heavy atom. The normalized spacial score (nSPS) is 10.8. The highest BCUT2D eigenvalue weighted by molar-refractivity contribution is 5.75. The van der Waals surface area contributed by atoms with E-state index in [1.165, 1.54) is 0 Å². The van der Waals surface area contributed by atoms with Crippen LogP contribution in [0.1, 0.15) is 0 Å². The molecule has 0 unspecified atom stereocenters. The van der Waals surface area contributed by atoms with E-state index in [-0.39, 0.29) is 18.2 Å². The van der Waals surface area contributed by atoms with Crippen molar-refractivity contribution in [3.05, 3.63) is 22.6 Å². The summed E-state index contributed by atoms with van der Waals surface area (Å²) in [5.41, 5.74) is 11.1. The quantitative estimate of drug-likeness (QED) is 0.534. The lowest BCUT2D eigenvalue weighted by molar-refractivity contribution is 0.755. The minimum absolute atomic E-state index is 0.103. The van der Waals surface area contributed by atoms with Crippen LogP contribution in [0, 0.1) is 0 Å². The monoisotopic (exact) mass is 179 g/mol. The predicted molar refractivity (Wildman–Crippen MR) is 49.0 cm³/mol. The Morgan fingerprint density at radius 1 is 1.62 bits per heavy atom. The van der Waals surface area contributed by atoms with Gasteiger partial charge in [0.15, 0.2) is 5.65 Å². The minimum Gasteiger partial charge on any atom is -0.369 e. The number of fused-ring (bicyclic) bond motifs is 1. The van der Waals surface area contributed by atoms with Gasteiger partial charge in [0.25, 0.3) is 5.56 Å². The number of nitrogens with two attached hydrogens (primary N) is 2. The third-order valence-corrected chi connectivity index (χ3v) is 1.84. The fraction of sp³-hybridized carbons (Fsp3) is 0.143. The van der Waals surface area contributed by atoms with Crippen LogP contribution in [-0.4, -0.2) is 14.5 Å². The lowest BCUT2D eigenvalue weighted by Crippen LogP contribution is -2.13. The van der Waals surface area contributed by atoms with Gasteiger partial charge in [0.05, 0.1) is 12.1 Å². The topological polar surface area (TPSA) is 103 Å². The van der Waals surface area contributed by atoms with Gasteiger partial charge >= 0.3 is 0 Å². The van der Waals surface area contributed by atoms with E-state index in [0.717, 1.165) is 0 Å². The van der Waals surface area contributed by atoms with Crippen molar-refractivity contribution >= 4 is 17.0 Å². The Morgan fingerprint density at radius 3 is 3.08 bits per heavy atom. The molecule has 5 N–H and O–H groups in total. The Balaban J connectivity index is 2.90. The molecule has 2 aromatic rings. The summed E-state index contributed by atoms with van der Waals surface area (Å²) in [5.74, 6) is 0.103. The smallest absolute Gasteiger partial charge is 0.261 e. The number of H-pyrrole nitrogens is 1. The van der Waals surface area contributed by atoms with Crippen molar-refractivity contribution in [2.24, 2.45) is 5.73 Å². The molecule has 0 aromatic carbocycles. The number of hydrogen-bond donors (Lipinski definition) is 3. The SMILES string of the molecule is NCn1ccc2c(=O)[nH]c(N)nc21. The van der Waals surface area contributed by atoms with Crippen molar-refractivity contribution in [1.29, 1.82) is 0 Å². The highest BCUT2D eigenvalue weighted by Crippen LogP contribution is 2.07. The van der Waals surface area contributed by atoms with Gasteiger partial charge in [-0.3, -0.25) is 9.78 Å². The fourth-order valence-corrected chi connectivity index (χ4v) is 1.24. The Labute approximate surface area is 73.2 Å². The van der Waals surface area contributed by atoms with Crippen molar-refractivity contribution in [2.45, 2.75) is 6.67 Å². The highest BCUT2D eigenvalue weighted by atomic mass is 16.1. The zero-order chi connectivity index (χ0) is 9.42. The number of anilines is 1. The highest BCUT2D eigenvalue weighted by Gasteiger charge is 2.05. The maximum absolute atomic E-state index is 11.3. The molecule has 0 aliphatic rings. The van der Waals surface area contributed by atoms with Gasteiger partial charge in [-0.2, -0.15) is 4.98 Å². The molecule has 68 valence electrons. The molecule has 0 atom stereocenters. The van der Waals surface area contributed by atoms with E-state index < -0.39 is 0 Å². The number of aromatic amines is 1. The zero-order valence-corrected chi connectivity index (χ0v) is 6.82. The first-order valence-corrected chi connectivity index (χ1v) is 3.77. The van der Waals surface area contributed by atoms with Crippen LogP contribution in [0.2, 0.25) is 0 Å².